The number of hydrogen-bond donors (Lipinski definition) is 1. The molecule has 1 aromatic heterocycles. The number of rotatable bonds is 2. The highest BCUT2D eigenvalue weighted by Gasteiger charge is 2.08. The summed E-state index contributed by atoms with van der Waals surface area (Å²) in [5.74, 6) is -0.927. The van der Waals surface area contributed by atoms with Crippen LogP contribution in [-0.2, 0) is 18.9 Å². The van der Waals surface area contributed by atoms with Crippen molar-refractivity contribution in [2.45, 2.75) is 0 Å². The van der Waals surface area contributed by atoms with Crippen molar-refractivity contribution in [3.8, 4) is 6.07 Å². The first kappa shape index (κ1) is 12.4. The Morgan fingerprint density at radius 3 is 2.53 bits per heavy atom. The number of hydrogen-bond acceptors (Lipinski definition) is 4. The highest BCUT2D eigenvalue weighted by atomic mass is 16.2. The molecule has 0 aromatic carbocycles. The van der Waals surface area contributed by atoms with Gasteiger partial charge in [-0.15, -0.1) is 0 Å². The maximum absolute atomic E-state index is 11.7. The molecule has 0 aliphatic heterocycles. The molecule has 0 bridgehead atoms. The van der Waals surface area contributed by atoms with Crippen LogP contribution in [0.15, 0.2) is 21.4 Å². The first-order valence-electron chi connectivity index (χ1n) is 4.56. The molecule has 0 saturated heterocycles. The molecule has 1 amide bonds. The molecular weight excluding hydrogens is 224 g/mol. The molecule has 7 heteroatoms. The molecule has 0 aliphatic carbocycles. The molecule has 0 radical (unpaired) electrons. The van der Waals surface area contributed by atoms with E-state index in [9.17, 15) is 14.4 Å². The van der Waals surface area contributed by atoms with Gasteiger partial charge in [0.15, 0.2) is 0 Å². The van der Waals surface area contributed by atoms with Gasteiger partial charge in [0.05, 0.1) is 5.56 Å². The van der Waals surface area contributed by atoms with E-state index in [1.165, 1.54) is 24.9 Å². The van der Waals surface area contributed by atoms with E-state index in [1.807, 2.05) is 0 Å². The van der Waals surface area contributed by atoms with Crippen molar-refractivity contribution in [3.05, 3.63) is 38.2 Å². The van der Waals surface area contributed by atoms with E-state index in [4.69, 9.17) is 11.0 Å². The molecule has 2 N–H and O–H groups in total. The lowest BCUT2D eigenvalue weighted by Crippen LogP contribution is -2.37. The van der Waals surface area contributed by atoms with Gasteiger partial charge in [0.2, 0.25) is 0 Å². The lowest BCUT2D eigenvalue weighted by atomic mass is 10.2. The fourth-order valence-electron chi connectivity index (χ4n) is 1.25. The smallest absolute Gasteiger partial charge is 0.330 e. The van der Waals surface area contributed by atoms with Crippen molar-refractivity contribution >= 4 is 12.0 Å². The quantitative estimate of drug-likeness (QED) is 0.494. The van der Waals surface area contributed by atoms with E-state index in [0.29, 0.717) is 0 Å². The molecule has 7 nitrogen and oxygen atoms in total. The molecule has 0 aliphatic rings. The van der Waals surface area contributed by atoms with Gasteiger partial charge in [0.1, 0.15) is 11.6 Å². The normalized spacial score (nSPS) is 11.0. The summed E-state index contributed by atoms with van der Waals surface area (Å²) in [5, 5.41) is 8.65. The highest BCUT2D eigenvalue weighted by Crippen LogP contribution is 1.99. The van der Waals surface area contributed by atoms with Gasteiger partial charge in [-0.05, 0) is 6.08 Å². The average molecular weight is 234 g/mol. The van der Waals surface area contributed by atoms with Gasteiger partial charge >= 0.3 is 5.69 Å². The third-order valence-corrected chi connectivity index (χ3v) is 2.16. The van der Waals surface area contributed by atoms with Crippen molar-refractivity contribution in [1.29, 1.82) is 5.26 Å². The van der Waals surface area contributed by atoms with Gasteiger partial charge in [0.25, 0.3) is 11.5 Å². The van der Waals surface area contributed by atoms with Gasteiger partial charge in [-0.3, -0.25) is 14.2 Å². The molecule has 0 spiro atoms. The van der Waals surface area contributed by atoms with Gasteiger partial charge in [-0.2, -0.15) is 5.26 Å². The molecule has 1 heterocycles. The Hall–Kier alpha value is -2.62. The minimum atomic E-state index is -0.927. The summed E-state index contributed by atoms with van der Waals surface area (Å²) < 4.78 is 2.05. The lowest BCUT2D eigenvalue weighted by molar-refractivity contribution is -0.114. The Morgan fingerprint density at radius 1 is 1.47 bits per heavy atom. The largest absolute Gasteiger partial charge is 0.365 e. The zero-order valence-electron chi connectivity index (χ0n) is 9.30. The summed E-state index contributed by atoms with van der Waals surface area (Å²) in [6.45, 7) is 0. The third-order valence-electron chi connectivity index (χ3n) is 2.16. The van der Waals surface area contributed by atoms with Crippen LogP contribution < -0.4 is 17.0 Å². The fourth-order valence-corrected chi connectivity index (χ4v) is 1.25. The predicted molar refractivity (Wildman–Crippen MR) is 59.7 cm³/mol. The van der Waals surface area contributed by atoms with Crippen molar-refractivity contribution in [2.75, 3.05) is 0 Å². The van der Waals surface area contributed by atoms with Crippen LogP contribution in [0, 0.1) is 11.3 Å². The Balaban J connectivity index is 3.57. The van der Waals surface area contributed by atoms with Crippen LogP contribution in [0.3, 0.4) is 0 Å². The van der Waals surface area contributed by atoms with Crippen LogP contribution in [0.2, 0.25) is 0 Å². The number of carbonyl (C=O) groups excluding carboxylic acids is 1. The number of amides is 1. The molecule has 1 rings (SSSR count). The number of aryl methyl sites for hydroxylation is 1. The standard InChI is InChI=1S/C10H10N4O3/c1-13-5-7(3-6(4-11)8(12)15)9(16)14(2)10(13)17/h3,5H,1-2H3,(H2,12,15)/b6-3-. The lowest BCUT2D eigenvalue weighted by Gasteiger charge is -2.03. The zero-order valence-corrected chi connectivity index (χ0v) is 9.30. The first-order chi connectivity index (χ1) is 7.88. The van der Waals surface area contributed by atoms with Crippen LogP contribution in [0.1, 0.15) is 5.56 Å². The van der Waals surface area contributed by atoms with E-state index in [0.717, 1.165) is 10.6 Å². The second-order valence-electron chi connectivity index (χ2n) is 3.38. The van der Waals surface area contributed by atoms with Crippen LogP contribution in [0.5, 0.6) is 0 Å². The Morgan fingerprint density at radius 2 is 2.06 bits per heavy atom. The number of nitrogens with zero attached hydrogens (tertiary/aromatic N) is 3. The number of primary amides is 1. The molecule has 1 aromatic rings. The maximum atomic E-state index is 11.7. The number of aromatic nitrogens is 2. The van der Waals surface area contributed by atoms with Crippen LogP contribution in [-0.4, -0.2) is 15.0 Å². The Labute approximate surface area is 96.0 Å². The average Bonchev–Trinajstić information content (AvgIpc) is 2.29. The van der Waals surface area contributed by atoms with E-state index >= 15 is 0 Å². The molecule has 0 saturated carbocycles. The maximum Gasteiger partial charge on any atom is 0.330 e. The summed E-state index contributed by atoms with van der Waals surface area (Å²) in [6, 6.07) is 1.58. The summed E-state index contributed by atoms with van der Waals surface area (Å²) in [7, 11) is 2.76. The molecule has 88 valence electrons. The SMILES string of the molecule is Cn1cc(/C=C(/C#N)C(N)=O)c(=O)n(C)c1=O. The van der Waals surface area contributed by atoms with Crippen LogP contribution in [0.4, 0.5) is 0 Å². The van der Waals surface area contributed by atoms with E-state index in [1.54, 1.807) is 6.07 Å². The topological polar surface area (TPSA) is 111 Å². The highest BCUT2D eigenvalue weighted by molar-refractivity contribution is 6.00. The zero-order chi connectivity index (χ0) is 13.2. The number of nitriles is 1. The van der Waals surface area contributed by atoms with Gasteiger partial charge in [-0.1, -0.05) is 0 Å². The molecular formula is C10H10N4O3. The van der Waals surface area contributed by atoms with Gasteiger partial charge < -0.3 is 10.3 Å². The minimum Gasteiger partial charge on any atom is -0.365 e. The summed E-state index contributed by atoms with van der Waals surface area (Å²) in [5.41, 5.74) is 3.55. The monoisotopic (exact) mass is 234 g/mol. The number of carbonyl (C=O) groups is 1. The number of nitrogens with two attached hydrogens (primary N) is 1. The first-order valence-corrected chi connectivity index (χ1v) is 4.56. The molecule has 0 unspecified atom stereocenters. The second-order valence-corrected chi connectivity index (χ2v) is 3.38. The van der Waals surface area contributed by atoms with E-state index in [-0.39, 0.29) is 11.1 Å². The van der Waals surface area contributed by atoms with Crippen molar-refractivity contribution in [3.63, 3.8) is 0 Å². The van der Waals surface area contributed by atoms with Gasteiger partial charge in [0, 0.05) is 20.3 Å². The second kappa shape index (κ2) is 4.49. The Kier molecular flexibility index (Phi) is 3.29. The molecule has 0 fully saturated rings. The Bertz CT molecular complexity index is 658. The van der Waals surface area contributed by atoms with Crippen molar-refractivity contribution in [2.24, 2.45) is 19.8 Å². The summed E-state index contributed by atoms with van der Waals surface area (Å²) in [6.07, 6.45) is 2.30. The molecule has 0 atom stereocenters. The van der Waals surface area contributed by atoms with Crippen LogP contribution >= 0.6 is 0 Å². The van der Waals surface area contributed by atoms with E-state index in [2.05, 4.69) is 0 Å². The summed E-state index contributed by atoms with van der Waals surface area (Å²) in [4.78, 5) is 33.9. The third kappa shape index (κ3) is 2.31. The summed E-state index contributed by atoms with van der Waals surface area (Å²) >= 11 is 0. The van der Waals surface area contributed by atoms with Crippen molar-refractivity contribution in [1.82, 2.24) is 9.13 Å². The van der Waals surface area contributed by atoms with E-state index < -0.39 is 17.2 Å². The predicted octanol–water partition coefficient (Wildman–Crippen LogP) is -1.52. The van der Waals surface area contributed by atoms with Crippen LogP contribution in [0.25, 0.3) is 6.08 Å². The van der Waals surface area contributed by atoms with Gasteiger partial charge in [-0.25, -0.2) is 4.79 Å². The fraction of sp³-hybridized carbons (Fsp3) is 0.200. The minimum absolute atomic E-state index is 0.0463. The molecule has 17 heavy (non-hydrogen) atoms. The van der Waals surface area contributed by atoms with Crippen molar-refractivity contribution < 1.29 is 4.79 Å².